The molecule has 1 aliphatic carbocycles. The molecule has 0 spiro atoms. The van der Waals surface area contributed by atoms with E-state index < -0.39 is 0 Å². The van der Waals surface area contributed by atoms with Crippen LogP contribution in [-0.2, 0) is 0 Å². The molecule has 0 amide bonds. The number of hydrogen-bond donors (Lipinski definition) is 2. The first-order valence-corrected chi connectivity index (χ1v) is 4.56. The van der Waals surface area contributed by atoms with Crippen LogP contribution in [0.2, 0.25) is 0 Å². The number of aliphatic hydroxyl groups excluding tert-OH is 1. The zero-order chi connectivity index (χ0) is 8.69. The van der Waals surface area contributed by atoms with E-state index in [1.807, 2.05) is 13.8 Å². The van der Waals surface area contributed by atoms with E-state index in [4.69, 9.17) is 10.8 Å². The summed E-state index contributed by atoms with van der Waals surface area (Å²) >= 11 is 0. The molecule has 2 heteroatoms. The van der Waals surface area contributed by atoms with Crippen LogP contribution in [0.25, 0.3) is 0 Å². The summed E-state index contributed by atoms with van der Waals surface area (Å²) in [6, 6.07) is 0.333. The molecule has 3 N–H and O–H groups in total. The Labute approximate surface area is 69.8 Å². The average Bonchev–Trinajstić information content (AvgIpc) is 1.87. The Morgan fingerprint density at radius 2 is 1.55 bits per heavy atom. The standard InChI is InChI=1S/C6H12O.C3H9N/c7-6-4-2-1-3-5-6;1-3(2)4/h6-7H,1-5H2;3H,4H2,1-2H3. The molecule has 0 aromatic heterocycles. The van der Waals surface area contributed by atoms with E-state index in [1.165, 1.54) is 19.3 Å². The molecule has 68 valence electrons. The SMILES string of the molecule is CC(C)N.OC1CCCCC1. The molecule has 2 nitrogen and oxygen atoms in total. The first-order valence-electron chi connectivity index (χ1n) is 4.56. The van der Waals surface area contributed by atoms with Gasteiger partial charge in [-0.1, -0.05) is 33.1 Å². The molecule has 1 saturated carbocycles. The highest BCUT2D eigenvalue weighted by Crippen LogP contribution is 2.16. The maximum atomic E-state index is 8.91. The Morgan fingerprint density at radius 3 is 1.73 bits per heavy atom. The van der Waals surface area contributed by atoms with Crippen molar-refractivity contribution in [1.29, 1.82) is 0 Å². The van der Waals surface area contributed by atoms with Crippen molar-refractivity contribution in [2.24, 2.45) is 5.73 Å². The summed E-state index contributed by atoms with van der Waals surface area (Å²) in [6.07, 6.45) is 5.92. The average molecular weight is 159 g/mol. The molecule has 1 aliphatic rings. The molecule has 0 unspecified atom stereocenters. The quantitative estimate of drug-likeness (QED) is 0.564. The van der Waals surface area contributed by atoms with Crippen molar-refractivity contribution in [3.8, 4) is 0 Å². The fraction of sp³-hybridized carbons (Fsp3) is 1.00. The number of rotatable bonds is 0. The summed E-state index contributed by atoms with van der Waals surface area (Å²) in [5.41, 5.74) is 5.11. The fourth-order valence-corrected chi connectivity index (χ4v) is 1.08. The van der Waals surface area contributed by atoms with E-state index in [1.54, 1.807) is 0 Å². The Bertz CT molecular complexity index is 74.9. The smallest absolute Gasteiger partial charge is 0.0540 e. The van der Waals surface area contributed by atoms with Crippen LogP contribution >= 0.6 is 0 Å². The van der Waals surface area contributed by atoms with E-state index in [9.17, 15) is 0 Å². The third-order valence-electron chi connectivity index (χ3n) is 1.57. The van der Waals surface area contributed by atoms with Gasteiger partial charge in [0.1, 0.15) is 0 Å². The van der Waals surface area contributed by atoms with Crippen molar-refractivity contribution in [2.45, 2.75) is 58.1 Å². The van der Waals surface area contributed by atoms with Gasteiger partial charge < -0.3 is 10.8 Å². The fourth-order valence-electron chi connectivity index (χ4n) is 1.08. The van der Waals surface area contributed by atoms with E-state index >= 15 is 0 Å². The van der Waals surface area contributed by atoms with Crippen LogP contribution in [0.15, 0.2) is 0 Å². The summed E-state index contributed by atoms with van der Waals surface area (Å²) in [7, 11) is 0. The number of aliphatic hydroxyl groups is 1. The van der Waals surface area contributed by atoms with Crippen LogP contribution in [0.1, 0.15) is 46.0 Å². The third kappa shape index (κ3) is 9.92. The minimum absolute atomic E-state index is 0.0359. The summed E-state index contributed by atoms with van der Waals surface area (Å²) in [5.74, 6) is 0. The molecule has 0 aliphatic heterocycles. The van der Waals surface area contributed by atoms with Gasteiger partial charge in [0.2, 0.25) is 0 Å². The molecule has 0 aromatic carbocycles. The van der Waals surface area contributed by atoms with Gasteiger partial charge in [0, 0.05) is 0 Å². The molecule has 0 aromatic rings. The third-order valence-corrected chi connectivity index (χ3v) is 1.57. The van der Waals surface area contributed by atoms with E-state index in [0.29, 0.717) is 6.04 Å². The molecule has 1 fully saturated rings. The summed E-state index contributed by atoms with van der Waals surface area (Å²) in [6.45, 7) is 3.89. The van der Waals surface area contributed by atoms with Crippen molar-refractivity contribution in [2.75, 3.05) is 0 Å². The van der Waals surface area contributed by atoms with Crippen molar-refractivity contribution >= 4 is 0 Å². The second-order valence-electron chi connectivity index (χ2n) is 3.54. The molecule has 0 radical (unpaired) electrons. The molecular weight excluding hydrogens is 138 g/mol. The maximum Gasteiger partial charge on any atom is 0.0540 e. The molecule has 11 heavy (non-hydrogen) atoms. The monoisotopic (exact) mass is 159 g/mol. The highest BCUT2D eigenvalue weighted by Gasteiger charge is 2.07. The van der Waals surface area contributed by atoms with Crippen LogP contribution in [-0.4, -0.2) is 17.3 Å². The van der Waals surface area contributed by atoms with E-state index in [2.05, 4.69) is 0 Å². The molecule has 0 heterocycles. The predicted molar refractivity (Wildman–Crippen MR) is 48.4 cm³/mol. The lowest BCUT2D eigenvalue weighted by atomic mass is 9.98. The van der Waals surface area contributed by atoms with Gasteiger partial charge in [0.05, 0.1) is 6.10 Å². The maximum absolute atomic E-state index is 8.91. The highest BCUT2D eigenvalue weighted by molar-refractivity contribution is 4.61. The zero-order valence-electron chi connectivity index (χ0n) is 7.71. The lowest BCUT2D eigenvalue weighted by Crippen LogP contribution is -2.09. The lowest BCUT2D eigenvalue weighted by Gasteiger charge is -2.14. The van der Waals surface area contributed by atoms with Crippen LogP contribution in [0.5, 0.6) is 0 Å². The normalized spacial score (nSPS) is 19.4. The van der Waals surface area contributed by atoms with Gasteiger partial charge in [-0.3, -0.25) is 0 Å². The van der Waals surface area contributed by atoms with Crippen molar-refractivity contribution < 1.29 is 5.11 Å². The van der Waals surface area contributed by atoms with Gasteiger partial charge in [0.15, 0.2) is 0 Å². The molecular formula is C9H21NO. The predicted octanol–water partition coefficient (Wildman–Crippen LogP) is 1.66. The van der Waals surface area contributed by atoms with Crippen molar-refractivity contribution in [1.82, 2.24) is 0 Å². The molecule has 0 bridgehead atoms. The second-order valence-corrected chi connectivity index (χ2v) is 3.54. The first kappa shape index (κ1) is 10.9. The molecule has 0 atom stereocenters. The highest BCUT2D eigenvalue weighted by atomic mass is 16.3. The van der Waals surface area contributed by atoms with Crippen LogP contribution in [0, 0.1) is 0 Å². The van der Waals surface area contributed by atoms with Crippen LogP contribution in [0.4, 0.5) is 0 Å². The zero-order valence-corrected chi connectivity index (χ0v) is 7.71. The molecule has 0 saturated heterocycles. The topological polar surface area (TPSA) is 46.2 Å². The largest absolute Gasteiger partial charge is 0.393 e. The van der Waals surface area contributed by atoms with Crippen molar-refractivity contribution in [3.05, 3.63) is 0 Å². The van der Waals surface area contributed by atoms with Gasteiger partial charge in [-0.25, -0.2) is 0 Å². The van der Waals surface area contributed by atoms with Gasteiger partial charge in [-0.15, -0.1) is 0 Å². The van der Waals surface area contributed by atoms with Crippen LogP contribution in [0.3, 0.4) is 0 Å². The van der Waals surface area contributed by atoms with Gasteiger partial charge >= 0.3 is 0 Å². The lowest BCUT2D eigenvalue weighted by molar-refractivity contribution is 0.130. The minimum Gasteiger partial charge on any atom is -0.393 e. The molecule has 1 rings (SSSR count). The van der Waals surface area contributed by atoms with Crippen molar-refractivity contribution in [3.63, 3.8) is 0 Å². The second kappa shape index (κ2) is 6.62. The van der Waals surface area contributed by atoms with Crippen LogP contribution < -0.4 is 5.73 Å². The van der Waals surface area contributed by atoms with Gasteiger partial charge in [-0.2, -0.15) is 0 Å². The van der Waals surface area contributed by atoms with Gasteiger partial charge in [-0.05, 0) is 18.9 Å². The summed E-state index contributed by atoms with van der Waals surface area (Å²) < 4.78 is 0. The Morgan fingerprint density at radius 1 is 1.18 bits per heavy atom. The van der Waals surface area contributed by atoms with E-state index in [0.717, 1.165) is 12.8 Å². The minimum atomic E-state index is 0.0359. The first-order chi connectivity index (χ1) is 5.13. The van der Waals surface area contributed by atoms with E-state index in [-0.39, 0.29) is 6.10 Å². The summed E-state index contributed by atoms with van der Waals surface area (Å²) in [4.78, 5) is 0. The number of nitrogens with two attached hydrogens (primary N) is 1. The number of hydrogen-bond acceptors (Lipinski definition) is 2. The Balaban J connectivity index is 0.000000218. The van der Waals surface area contributed by atoms with Gasteiger partial charge in [0.25, 0.3) is 0 Å². The Hall–Kier alpha value is -0.0800. The summed E-state index contributed by atoms with van der Waals surface area (Å²) in [5, 5.41) is 8.91. The Kier molecular flexibility index (Phi) is 6.57.